The van der Waals surface area contributed by atoms with Crippen LogP contribution in [0.5, 0.6) is 0 Å². The van der Waals surface area contributed by atoms with Crippen molar-refractivity contribution in [2.45, 2.75) is 80.4 Å². The fourth-order valence-electron chi connectivity index (χ4n) is 6.77. The fraction of sp³-hybridized carbons (Fsp3) is 0.481. The molecule has 3 aliphatic rings. The molecule has 1 saturated carbocycles. The Bertz CT molecular complexity index is 1780. The highest BCUT2D eigenvalue weighted by molar-refractivity contribution is 7.91. The molecule has 2 bridgehead atoms. The number of aryl methyl sites for hydroxylation is 1. The Morgan fingerprint density at radius 1 is 1.15 bits per heavy atom. The molecule has 4 aromatic heterocycles. The van der Waals surface area contributed by atoms with Crippen molar-refractivity contribution in [1.29, 1.82) is 0 Å². The number of H-pyrrole nitrogens is 1. The second-order valence-corrected chi connectivity index (χ2v) is 13.5. The van der Waals surface area contributed by atoms with E-state index in [9.17, 15) is 18.3 Å². The molecule has 2 aliphatic heterocycles. The molecule has 4 N–H and O–H groups in total. The SMILES string of the molecule is Cc1n[nH]c(C(=O)N2[C@@H]3CC[C@H]2C[C@@H](c2nc4c(-c5ccc(C6(O)CCC6)nc5)cnn4c(N)c2S(C)(=O)=O)C3)n1. The second kappa shape index (κ2) is 9.05. The van der Waals surface area contributed by atoms with Gasteiger partial charge in [0.25, 0.3) is 5.91 Å². The molecule has 41 heavy (non-hydrogen) atoms. The zero-order valence-electron chi connectivity index (χ0n) is 22.8. The Hall–Kier alpha value is -3.91. The van der Waals surface area contributed by atoms with Crippen LogP contribution in [0.1, 0.15) is 78.7 Å². The van der Waals surface area contributed by atoms with Crippen LogP contribution in [0.4, 0.5) is 5.82 Å². The predicted octanol–water partition coefficient (Wildman–Crippen LogP) is 2.13. The van der Waals surface area contributed by atoms with E-state index in [-0.39, 0.29) is 40.4 Å². The van der Waals surface area contributed by atoms with Crippen molar-refractivity contribution in [3.8, 4) is 11.1 Å². The van der Waals surface area contributed by atoms with Gasteiger partial charge < -0.3 is 15.7 Å². The first-order chi connectivity index (χ1) is 19.5. The molecule has 214 valence electrons. The van der Waals surface area contributed by atoms with Crippen molar-refractivity contribution in [2.24, 2.45) is 0 Å². The molecule has 0 spiro atoms. The summed E-state index contributed by atoms with van der Waals surface area (Å²) in [7, 11) is -3.76. The predicted molar refractivity (Wildman–Crippen MR) is 148 cm³/mol. The monoisotopic (exact) mass is 577 g/mol. The van der Waals surface area contributed by atoms with Gasteiger partial charge >= 0.3 is 0 Å². The second-order valence-electron chi connectivity index (χ2n) is 11.6. The Balaban J connectivity index is 1.27. The molecule has 3 atom stereocenters. The zero-order chi connectivity index (χ0) is 28.7. The minimum absolute atomic E-state index is 0.00935. The van der Waals surface area contributed by atoms with Gasteiger partial charge in [-0.25, -0.2) is 18.4 Å². The third kappa shape index (κ3) is 4.10. The molecule has 1 amide bonds. The number of pyridine rings is 1. The molecule has 14 heteroatoms. The lowest BCUT2D eigenvalue weighted by atomic mass is 9.77. The number of aromatic amines is 1. The lowest BCUT2D eigenvalue weighted by Gasteiger charge is -2.38. The lowest BCUT2D eigenvalue weighted by molar-refractivity contribution is -0.0426. The van der Waals surface area contributed by atoms with Gasteiger partial charge in [0.2, 0.25) is 5.82 Å². The summed E-state index contributed by atoms with van der Waals surface area (Å²) in [6, 6.07) is 3.52. The molecule has 6 heterocycles. The number of carbonyl (C=O) groups excluding carboxylic acids is 1. The molecule has 13 nitrogen and oxygen atoms in total. The van der Waals surface area contributed by atoms with E-state index in [0.29, 0.717) is 54.1 Å². The van der Waals surface area contributed by atoms with Gasteiger partial charge in [-0.1, -0.05) is 6.07 Å². The number of fused-ring (bicyclic) bond motifs is 3. The molecular weight excluding hydrogens is 546 g/mol. The maximum absolute atomic E-state index is 13.3. The summed E-state index contributed by atoms with van der Waals surface area (Å²) in [5.74, 6) is 0.313. The van der Waals surface area contributed by atoms with Gasteiger partial charge in [-0.05, 0) is 57.9 Å². The van der Waals surface area contributed by atoms with E-state index in [2.05, 4.69) is 25.3 Å². The number of nitrogens with two attached hydrogens (primary N) is 1. The Labute approximate surface area is 236 Å². The van der Waals surface area contributed by atoms with Crippen molar-refractivity contribution < 1.29 is 18.3 Å². The molecule has 2 saturated heterocycles. The van der Waals surface area contributed by atoms with E-state index < -0.39 is 15.4 Å². The van der Waals surface area contributed by atoms with Crippen molar-refractivity contribution in [1.82, 2.24) is 39.7 Å². The molecule has 7 rings (SSSR count). The first-order valence-electron chi connectivity index (χ1n) is 13.8. The van der Waals surface area contributed by atoms with Gasteiger partial charge in [0.1, 0.15) is 22.1 Å². The number of amides is 1. The number of nitrogens with zero attached hydrogens (tertiary/aromatic N) is 7. The number of piperidine rings is 1. The van der Waals surface area contributed by atoms with Crippen molar-refractivity contribution in [2.75, 3.05) is 12.0 Å². The van der Waals surface area contributed by atoms with Gasteiger partial charge in [-0.2, -0.15) is 14.7 Å². The third-order valence-electron chi connectivity index (χ3n) is 8.92. The van der Waals surface area contributed by atoms with Crippen molar-refractivity contribution in [3.63, 3.8) is 0 Å². The van der Waals surface area contributed by atoms with Crippen molar-refractivity contribution in [3.05, 3.63) is 47.6 Å². The molecular formula is C27H31N9O4S. The maximum atomic E-state index is 13.3. The normalized spacial score (nSPS) is 23.6. The third-order valence-corrected chi connectivity index (χ3v) is 10.1. The summed E-state index contributed by atoms with van der Waals surface area (Å²) in [4.78, 5) is 28.8. The minimum Gasteiger partial charge on any atom is -0.384 e. The van der Waals surface area contributed by atoms with Crippen LogP contribution in [0.25, 0.3) is 16.8 Å². The number of carbonyl (C=O) groups is 1. The number of nitrogens with one attached hydrogen (secondary N) is 1. The summed E-state index contributed by atoms with van der Waals surface area (Å²) < 4.78 is 27.5. The fourth-order valence-corrected chi connectivity index (χ4v) is 7.83. The smallest absolute Gasteiger partial charge is 0.291 e. The highest BCUT2D eigenvalue weighted by atomic mass is 32.2. The average molecular weight is 578 g/mol. The summed E-state index contributed by atoms with van der Waals surface area (Å²) in [6.45, 7) is 1.72. The Morgan fingerprint density at radius 3 is 2.44 bits per heavy atom. The molecule has 0 radical (unpaired) electrons. The molecule has 3 fully saturated rings. The van der Waals surface area contributed by atoms with Crippen LogP contribution in [0.3, 0.4) is 0 Å². The quantitative estimate of drug-likeness (QED) is 0.317. The van der Waals surface area contributed by atoms with Crippen LogP contribution < -0.4 is 5.73 Å². The average Bonchev–Trinajstić information content (AvgIpc) is 3.61. The minimum atomic E-state index is -3.76. The number of aliphatic hydroxyl groups is 1. The topological polar surface area (TPSA) is 185 Å². The number of hydrogen-bond acceptors (Lipinski definition) is 10. The number of rotatable bonds is 5. The summed E-state index contributed by atoms with van der Waals surface area (Å²) >= 11 is 0. The van der Waals surface area contributed by atoms with Gasteiger partial charge in [0.15, 0.2) is 15.5 Å². The van der Waals surface area contributed by atoms with Crippen LogP contribution >= 0.6 is 0 Å². The van der Waals surface area contributed by atoms with Crippen LogP contribution in [-0.2, 0) is 15.4 Å². The van der Waals surface area contributed by atoms with Gasteiger partial charge in [-0.3, -0.25) is 14.9 Å². The van der Waals surface area contributed by atoms with Gasteiger partial charge in [0.05, 0.1) is 17.6 Å². The highest BCUT2D eigenvalue weighted by Crippen LogP contribution is 2.46. The van der Waals surface area contributed by atoms with E-state index in [1.165, 1.54) is 4.52 Å². The van der Waals surface area contributed by atoms with E-state index in [1.54, 1.807) is 19.3 Å². The number of anilines is 1. The molecule has 0 aromatic carbocycles. The van der Waals surface area contributed by atoms with E-state index in [4.69, 9.17) is 10.7 Å². The summed E-state index contributed by atoms with van der Waals surface area (Å²) in [5.41, 5.74) is 8.50. The lowest BCUT2D eigenvalue weighted by Crippen LogP contribution is -2.46. The van der Waals surface area contributed by atoms with Gasteiger partial charge in [-0.15, -0.1) is 0 Å². The highest BCUT2D eigenvalue weighted by Gasteiger charge is 2.46. The number of sulfone groups is 1. The number of aromatic nitrogens is 7. The van der Waals surface area contributed by atoms with Crippen LogP contribution in [-0.4, -0.2) is 77.4 Å². The zero-order valence-corrected chi connectivity index (χ0v) is 23.6. The summed E-state index contributed by atoms with van der Waals surface area (Å²) in [5, 5.41) is 21.8. The van der Waals surface area contributed by atoms with Crippen molar-refractivity contribution >= 4 is 27.2 Å². The summed E-state index contributed by atoms with van der Waals surface area (Å²) in [6.07, 6.45) is 9.50. The molecule has 0 unspecified atom stereocenters. The first-order valence-corrected chi connectivity index (χ1v) is 15.7. The Kier molecular flexibility index (Phi) is 5.74. The maximum Gasteiger partial charge on any atom is 0.291 e. The van der Waals surface area contributed by atoms with E-state index in [1.807, 2.05) is 17.0 Å². The van der Waals surface area contributed by atoms with Crippen LogP contribution in [0.15, 0.2) is 29.4 Å². The number of hydrogen-bond donors (Lipinski definition) is 3. The molecule has 1 aliphatic carbocycles. The first kappa shape index (κ1) is 26.0. The van der Waals surface area contributed by atoms with E-state index >= 15 is 0 Å². The van der Waals surface area contributed by atoms with Crippen LogP contribution in [0.2, 0.25) is 0 Å². The Morgan fingerprint density at radius 2 is 1.88 bits per heavy atom. The van der Waals surface area contributed by atoms with Crippen LogP contribution in [0, 0.1) is 6.92 Å². The van der Waals surface area contributed by atoms with Gasteiger partial charge in [0, 0.05) is 41.6 Å². The standard InChI is InChI=1S/C27H31N9O4S/c1-14-31-24(34-33-14)26(37)35-17-5-6-18(35)11-16(10-17)21-22(41(2,39)40)23(28)36-25(32-21)19(13-30-36)15-4-7-20(29-12-15)27(38)8-3-9-27/h4,7,12-13,16-18,38H,3,5-6,8-11,28H2,1-2H3,(H,31,33,34)/t16-,17+,18-. The van der Waals surface area contributed by atoms with E-state index in [0.717, 1.165) is 31.1 Å². The molecule has 4 aromatic rings. The largest absolute Gasteiger partial charge is 0.384 e. The number of nitrogen functional groups attached to an aromatic ring is 1.